The number of benzene rings is 3. The second-order valence-electron chi connectivity index (χ2n) is 6.95. The summed E-state index contributed by atoms with van der Waals surface area (Å²) in [5.41, 5.74) is 2.46. The number of carboxylic acid groups (broad SMARTS) is 1. The van der Waals surface area contributed by atoms with Gasteiger partial charge in [-0.15, -0.1) is 0 Å². The van der Waals surface area contributed by atoms with E-state index in [1.165, 1.54) is 6.07 Å². The van der Waals surface area contributed by atoms with Gasteiger partial charge in [-0.2, -0.15) is 5.10 Å². The largest absolute Gasteiger partial charge is 0.502 e. The molecule has 2 N–H and O–H groups in total. The number of hydrogen-bond acceptors (Lipinski definition) is 5. The zero-order valence-corrected chi connectivity index (χ0v) is 16.4. The van der Waals surface area contributed by atoms with Gasteiger partial charge in [-0.05, 0) is 36.8 Å². The maximum Gasteiger partial charge on any atom is 0.340 e. The van der Waals surface area contributed by atoms with Crippen LogP contribution in [0.4, 0.5) is 5.69 Å². The van der Waals surface area contributed by atoms with Gasteiger partial charge in [-0.1, -0.05) is 42.5 Å². The summed E-state index contributed by atoms with van der Waals surface area (Å²) in [6.07, 6.45) is 0. The number of nitro benzene ring substituents is 1. The Kier molecular flexibility index (Phi) is 4.96. The van der Waals surface area contributed by atoms with E-state index in [4.69, 9.17) is 0 Å². The van der Waals surface area contributed by atoms with Gasteiger partial charge in [0.1, 0.15) is 11.3 Å². The number of carboxylic acids is 1. The van der Waals surface area contributed by atoms with Gasteiger partial charge in [0.2, 0.25) is 0 Å². The van der Waals surface area contributed by atoms with E-state index in [0.29, 0.717) is 16.9 Å². The van der Waals surface area contributed by atoms with Gasteiger partial charge in [0.05, 0.1) is 16.3 Å². The van der Waals surface area contributed by atoms with Crippen molar-refractivity contribution >= 4 is 11.7 Å². The van der Waals surface area contributed by atoms with Crippen molar-refractivity contribution in [2.75, 3.05) is 0 Å². The number of carbonyl (C=O) groups is 1. The minimum atomic E-state index is -1.20. The number of phenolic OH excluding ortho intramolecular Hbond substituents is 1. The Morgan fingerprint density at radius 3 is 2.35 bits per heavy atom. The smallest absolute Gasteiger partial charge is 0.340 e. The lowest BCUT2D eigenvalue weighted by atomic mass is 10.0. The average Bonchev–Trinajstić information content (AvgIpc) is 3.15. The zero-order valence-electron chi connectivity index (χ0n) is 16.4. The number of aromatic hydroxyl groups is 1. The molecule has 31 heavy (non-hydrogen) atoms. The minimum Gasteiger partial charge on any atom is -0.502 e. The van der Waals surface area contributed by atoms with Gasteiger partial charge in [-0.25, -0.2) is 9.48 Å². The molecular formula is C23H17N3O5. The lowest BCUT2D eigenvalue weighted by Crippen LogP contribution is -2.03. The Balaban J connectivity index is 2.04. The highest BCUT2D eigenvalue weighted by Gasteiger charge is 2.27. The Morgan fingerprint density at radius 1 is 1.00 bits per heavy atom. The SMILES string of the molecule is Cc1cccc(-n2nc(-c3ccc([N+](=O)[O-])c(O)c3)c(C(=O)O)c2-c2ccccc2)c1. The molecular weight excluding hydrogens is 398 g/mol. The molecule has 0 radical (unpaired) electrons. The Bertz CT molecular complexity index is 1310. The molecule has 3 aromatic carbocycles. The van der Waals surface area contributed by atoms with Gasteiger partial charge in [0.25, 0.3) is 0 Å². The van der Waals surface area contributed by atoms with Gasteiger partial charge in [-0.3, -0.25) is 10.1 Å². The molecule has 0 saturated heterocycles. The number of nitro groups is 1. The highest BCUT2D eigenvalue weighted by molar-refractivity contribution is 6.02. The van der Waals surface area contributed by atoms with Crippen LogP contribution in [-0.2, 0) is 0 Å². The summed E-state index contributed by atoms with van der Waals surface area (Å²) < 4.78 is 1.54. The van der Waals surface area contributed by atoms with Crippen LogP contribution in [0.2, 0.25) is 0 Å². The van der Waals surface area contributed by atoms with E-state index in [0.717, 1.165) is 17.7 Å². The van der Waals surface area contributed by atoms with Crippen LogP contribution < -0.4 is 0 Å². The van der Waals surface area contributed by atoms with Crippen LogP contribution in [0.15, 0.2) is 72.8 Å². The van der Waals surface area contributed by atoms with Crippen LogP contribution in [0, 0.1) is 17.0 Å². The van der Waals surface area contributed by atoms with Gasteiger partial charge < -0.3 is 10.2 Å². The monoisotopic (exact) mass is 415 g/mol. The van der Waals surface area contributed by atoms with E-state index in [1.807, 2.05) is 37.3 Å². The second-order valence-corrected chi connectivity index (χ2v) is 6.95. The summed E-state index contributed by atoms with van der Waals surface area (Å²) in [5.74, 6) is -1.77. The third-order valence-electron chi connectivity index (χ3n) is 4.84. The normalized spacial score (nSPS) is 10.7. The van der Waals surface area contributed by atoms with Crippen molar-refractivity contribution in [1.29, 1.82) is 0 Å². The molecule has 0 aliphatic heterocycles. The van der Waals surface area contributed by atoms with Crippen molar-refractivity contribution in [3.8, 4) is 34.0 Å². The van der Waals surface area contributed by atoms with Gasteiger partial charge in [0, 0.05) is 17.2 Å². The molecule has 4 aromatic rings. The lowest BCUT2D eigenvalue weighted by molar-refractivity contribution is -0.385. The molecule has 0 amide bonds. The molecule has 0 atom stereocenters. The predicted molar refractivity (Wildman–Crippen MR) is 114 cm³/mol. The van der Waals surface area contributed by atoms with Crippen molar-refractivity contribution in [3.05, 3.63) is 94.0 Å². The first-order valence-corrected chi connectivity index (χ1v) is 9.33. The van der Waals surface area contributed by atoms with E-state index < -0.39 is 22.3 Å². The summed E-state index contributed by atoms with van der Waals surface area (Å²) in [4.78, 5) is 22.7. The third-order valence-corrected chi connectivity index (χ3v) is 4.84. The van der Waals surface area contributed by atoms with E-state index >= 15 is 0 Å². The first-order chi connectivity index (χ1) is 14.9. The summed E-state index contributed by atoms with van der Waals surface area (Å²) in [6.45, 7) is 1.92. The van der Waals surface area contributed by atoms with Crippen molar-refractivity contribution in [2.24, 2.45) is 0 Å². The quantitative estimate of drug-likeness (QED) is 0.356. The van der Waals surface area contributed by atoms with E-state index in [-0.39, 0.29) is 16.8 Å². The fourth-order valence-electron chi connectivity index (χ4n) is 3.46. The maximum atomic E-state index is 12.3. The zero-order chi connectivity index (χ0) is 22.1. The Labute approximate surface area is 176 Å². The number of phenols is 1. The average molecular weight is 415 g/mol. The number of rotatable bonds is 5. The molecule has 0 saturated carbocycles. The highest BCUT2D eigenvalue weighted by Crippen LogP contribution is 2.37. The highest BCUT2D eigenvalue weighted by atomic mass is 16.6. The topological polar surface area (TPSA) is 118 Å². The fraction of sp³-hybridized carbons (Fsp3) is 0.0435. The molecule has 0 unspecified atom stereocenters. The van der Waals surface area contributed by atoms with Crippen molar-refractivity contribution < 1.29 is 19.9 Å². The molecule has 0 aliphatic rings. The van der Waals surface area contributed by atoms with E-state index in [9.17, 15) is 25.1 Å². The number of hydrogen-bond donors (Lipinski definition) is 2. The summed E-state index contributed by atoms with van der Waals surface area (Å²) >= 11 is 0. The minimum absolute atomic E-state index is 0.0686. The number of aromatic carboxylic acids is 1. The van der Waals surface area contributed by atoms with Crippen molar-refractivity contribution in [2.45, 2.75) is 6.92 Å². The number of nitrogens with zero attached hydrogens (tertiary/aromatic N) is 3. The summed E-state index contributed by atoms with van der Waals surface area (Å²) in [7, 11) is 0. The van der Waals surface area contributed by atoms with Gasteiger partial charge >= 0.3 is 11.7 Å². The molecule has 0 spiro atoms. The first-order valence-electron chi connectivity index (χ1n) is 9.33. The summed E-state index contributed by atoms with van der Waals surface area (Å²) in [6, 6.07) is 20.1. The molecule has 8 heteroatoms. The number of aromatic nitrogens is 2. The van der Waals surface area contributed by atoms with Crippen molar-refractivity contribution in [1.82, 2.24) is 9.78 Å². The van der Waals surface area contributed by atoms with Crippen molar-refractivity contribution in [3.63, 3.8) is 0 Å². The third kappa shape index (κ3) is 3.62. The second kappa shape index (κ2) is 7.75. The van der Waals surface area contributed by atoms with Crippen LogP contribution in [0.5, 0.6) is 5.75 Å². The lowest BCUT2D eigenvalue weighted by Gasteiger charge is -2.09. The Morgan fingerprint density at radius 2 is 1.74 bits per heavy atom. The van der Waals surface area contributed by atoms with Gasteiger partial charge in [0.15, 0.2) is 5.75 Å². The molecule has 0 bridgehead atoms. The molecule has 1 aromatic heterocycles. The predicted octanol–water partition coefficient (Wildman–Crippen LogP) is 4.83. The standard InChI is InChI=1S/C23H17N3O5/c1-14-6-5-9-17(12-14)25-22(15-7-3-2-4-8-15)20(23(28)29)21(24-25)16-10-11-18(26(30)31)19(27)13-16/h2-13,27H,1H3,(H,28,29). The van der Waals surface area contributed by atoms with E-state index in [1.54, 1.807) is 28.9 Å². The number of aryl methyl sites for hydroxylation is 1. The van der Waals surface area contributed by atoms with Crippen LogP contribution in [0.3, 0.4) is 0 Å². The Hall–Kier alpha value is -4.46. The molecule has 0 fully saturated rings. The molecule has 4 rings (SSSR count). The van der Waals surface area contributed by atoms with E-state index in [2.05, 4.69) is 5.10 Å². The van der Waals surface area contributed by atoms with Crippen LogP contribution in [-0.4, -0.2) is 30.9 Å². The molecule has 154 valence electrons. The van der Waals surface area contributed by atoms with Crippen LogP contribution in [0.1, 0.15) is 15.9 Å². The van der Waals surface area contributed by atoms with Crippen LogP contribution >= 0.6 is 0 Å². The maximum absolute atomic E-state index is 12.3. The first kappa shape index (κ1) is 19.8. The fourth-order valence-corrected chi connectivity index (χ4v) is 3.46. The molecule has 1 heterocycles. The summed E-state index contributed by atoms with van der Waals surface area (Å²) in [5, 5.41) is 35.7. The molecule has 8 nitrogen and oxygen atoms in total. The van der Waals surface area contributed by atoms with Crippen LogP contribution in [0.25, 0.3) is 28.2 Å². The molecule has 0 aliphatic carbocycles.